The summed E-state index contributed by atoms with van der Waals surface area (Å²) in [7, 11) is 0. The van der Waals surface area contributed by atoms with E-state index in [0.717, 1.165) is 31.6 Å². The Morgan fingerprint density at radius 1 is 1.24 bits per heavy atom. The zero-order chi connectivity index (χ0) is 17.9. The number of nitrogens with zero attached hydrogens (tertiary/aromatic N) is 2. The first-order valence-electron chi connectivity index (χ1n) is 9.01. The molecule has 0 bridgehead atoms. The molecule has 2 fully saturated rings. The molecule has 2 heterocycles. The smallest absolute Gasteiger partial charge is 0.328 e. The van der Waals surface area contributed by atoms with Crippen LogP contribution in [-0.2, 0) is 20.7 Å². The Kier molecular flexibility index (Phi) is 5.39. The van der Waals surface area contributed by atoms with Crippen molar-refractivity contribution in [1.29, 1.82) is 0 Å². The van der Waals surface area contributed by atoms with Gasteiger partial charge in [-0.1, -0.05) is 37.3 Å². The highest BCUT2D eigenvalue weighted by Crippen LogP contribution is 2.37. The van der Waals surface area contributed by atoms with E-state index in [9.17, 15) is 14.7 Å². The molecule has 1 N–H and O–H groups in total. The number of likely N-dealkylation sites (tertiary alicyclic amines) is 1. The highest BCUT2D eigenvalue weighted by molar-refractivity contribution is 5.86. The topological polar surface area (TPSA) is 70.1 Å². The minimum atomic E-state index is -0.991. The van der Waals surface area contributed by atoms with E-state index in [-0.39, 0.29) is 18.9 Å². The Labute approximate surface area is 148 Å². The van der Waals surface area contributed by atoms with Crippen molar-refractivity contribution in [3.05, 3.63) is 35.9 Å². The van der Waals surface area contributed by atoms with E-state index in [1.54, 1.807) is 0 Å². The highest BCUT2D eigenvalue weighted by Gasteiger charge is 2.53. The van der Waals surface area contributed by atoms with Gasteiger partial charge < -0.3 is 14.7 Å². The van der Waals surface area contributed by atoms with Gasteiger partial charge in [-0.15, -0.1) is 0 Å². The zero-order valence-electron chi connectivity index (χ0n) is 14.7. The van der Waals surface area contributed by atoms with Crippen molar-refractivity contribution in [2.24, 2.45) is 0 Å². The highest BCUT2D eigenvalue weighted by atomic mass is 16.5. The molecule has 25 heavy (non-hydrogen) atoms. The van der Waals surface area contributed by atoms with Crippen LogP contribution in [-0.4, -0.2) is 64.8 Å². The van der Waals surface area contributed by atoms with E-state index >= 15 is 0 Å². The van der Waals surface area contributed by atoms with Crippen LogP contribution in [0.4, 0.5) is 0 Å². The SMILES string of the molecule is CCCN1CCC2(CC1)OCC(C(=O)O)N2C(=O)Cc1ccccc1. The number of ether oxygens (including phenoxy) is 1. The molecule has 136 valence electrons. The standard InChI is InChI=1S/C19H26N2O4/c1-2-10-20-11-8-19(9-12-20)21(16(14-25-19)18(23)24)17(22)13-15-6-4-3-5-7-15/h3-7,16H,2,8-14H2,1H3,(H,23,24). The lowest BCUT2D eigenvalue weighted by molar-refractivity contribution is -0.165. The summed E-state index contributed by atoms with van der Waals surface area (Å²) in [5, 5.41) is 9.56. The molecule has 2 aliphatic rings. The molecule has 0 radical (unpaired) electrons. The second kappa shape index (κ2) is 7.54. The number of carbonyl (C=O) groups excluding carboxylic acids is 1. The van der Waals surface area contributed by atoms with Crippen molar-refractivity contribution in [2.75, 3.05) is 26.2 Å². The van der Waals surface area contributed by atoms with Gasteiger partial charge in [0.15, 0.2) is 6.04 Å². The van der Waals surface area contributed by atoms with Crippen LogP contribution in [0.1, 0.15) is 31.7 Å². The summed E-state index contributed by atoms with van der Waals surface area (Å²) in [5.41, 5.74) is 0.126. The Bertz CT molecular complexity index is 611. The molecule has 2 saturated heterocycles. The fourth-order valence-electron chi connectivity index (χ4n) is 3.93. The molecule has 6 nitrogen and oxygen atoms in total. The van der Waals surface area contributed by atoms with Crippen molar-refractivity contribution in [2.45, 2.75) is 44.4 Å². The molecule has 0 aromatic heterocycles. The number of carbonyl (C=O) groups is 2. The maximum absolute atomic E-state index is 13.0. The molecule has 1 atom stereocenters. The fraction of sp³-hybridized carbons (Fsp3) is 0.579. The van der Waals surface area contributed by atoms with Gasteiger partial charge in [-0.05, 0) is 18.5 Å². The van der Waals surface area contributed by atoms with Crippen molar-refractivity contribution in [1.82, 2.24) is 9.80 Å². The Balaban J connectivity index is 1.78. The zero-order valence-corrected chi connectivity index (χ0v) is 14.7. The lowest BCUT2D eigenvalue weighted by atomic mass is 9.96. The van der Waals surface area contributed by atoms with Gasteiger partial charge in [-0.25, -0.2) is 4.79 Å². The van der Waals surface area contributed by atoms with Gasteiger partial charge in [0.1, 0.15) is 5.72 Å². The average Bonchev–Trinajstić information content (AvgIpc) is 2.97. The summed E-state index contributed by atoms with van der Waals surface area (Å²) in [4.78, 5) is 28.5. The van der Waals surface area contributed by atoms with Crippen LogP contribution in [0.25, 0.3) is 0 Å². The maximum Gasteiger partial charge on any atom is 0.328 e. The predicted octanol–water partition coefficient (Wildman–Crippen LogP) is 1.74. The fourth-order valence-corrected chi connectivity index (χ4v) is 3.93. The monoisotopic (exact) mass is 346 g/mol. The second-order valence-corrected chi connectivity index (χ2v) is 6.88. The van der Waals surface area contributed by atoms with Gasteiger partial charge in [0.2, 0.25) is 5.91 Å². The summed E-state index contributed by atoms with van der Waals surface area (Å²) >= 11 is 0. The average molecular weight is 346 g/mol. The van der Waals surface area contributed by atoms with Crippen molar-refractivity contribution >= 4 is 11.9 Å². The molecule has 1 amide bonds. The number of rotatable bonds is 5. The predicted molar refractivity (Wildman–Crippen MR) is 93.1 cm³/mol. The molecular weight excluding hydrogens is 320 g/mol. The van der Waals surface area contributed by atoms with Gasteiger partial charge in [-0.3, -0.25) is 9.69 Å². The molecule has 1 aromatic rings. The first kappa shape index (κ1) is 17.9. The molecule has 1 unspecified atom stereocenters. The largest absolute Gasteiger partial charge is 0.480 e. The molecule has 0 saturated carbocycles. The third kappa shape index (κ3) is 3.70. The summed E-state index contributed by atoms with van der Waals surface area (Å²) in [6, 6.07) is 8.56. The van der Waals surface area contributed by atoms with Gasteiger partial charge in [-0.2, -0.15) is 0 Å². The van der Waals surface area contributed by atoms with E-state index in [0.29, 0.717) is 12.8 Å². The number of hydrogen-bond acceptors (Lipinski definition) is 4. The van der Waals surface area contributed by atoms with Crippen LogP contribution in [0.5, 0.6) is 0 Å². The lowest BCUT2D eigenvalue weighted by Crippen LogP contribution is -2.58. The molecule has 6 heteroatoms. The minimum Gasteiger partial charge on any atom is -0.480 e. The summed E-state index contributed by atoms with van der Waals surface area (Å²) in [5.74, 6) is -1.16. The molecule has 0 aliphatic carbocycles. The number of piperidine rings is 1. The summed E-state index contributed by atoms with van der Waals surface area (Å²) < 4.78 is 5.95. The van der Waals surface area contributed by atoms with Crippen LogP contribution >= 0.6 is 0 Å². The first-order chi connectivity index (χ1) is 12.1. The van der Waals surface area contributed by atoms with Crippen LogP contribution in [0, 0.1) is 0 Å². The van der Waals surface area contributed by atoms with Crippen LogP contribution in [0.2, 0.25) is 0 Å². The quantitative estimate of drug-likeness (QED) is 0.879. The lowest BCUT2D eigenvalue weighted by Gasteiger charge is -2.44. The number of benzene rings is 1. The molecule has 2 aliphatic heterocycles. The van der Waals surface area contributed by atoms with E-state index in [1.165, 1.54) is 4.90 Å². The van der Waals surface area contributed by atoms with Crippen molar-refractivity contribution in [3.8, 4) is 0 Å². The number of carboxylic acid groups (broad SMARTS) is 1. The Morgan fingerprint density at radius 2 is 1.92 bits per heavy atom. The van der Waals surface area contributed by atoms with Crippen LogP contribution in [0.15, 0.2) is 30.3 Å². The van der Waals surface area contributed by atoms with Gasteiger partial charge in [0.05, 0.1) is 13.0 Å². The van der Waals surface area contributed by atoms with Crippen molar-refractivity contribution in [3.63, 3.8) is 0 Å². The maximum atomic E-state index is 13.0. The van der Waals surface area contributed by atoms with E-state index < -0.39 is 17.7 Å². The minimum absolute atomic E-state index is 0.0731. The van der Waals surface area contributed by atoms with Crippen molar-refractivity contribution < 1.29 is 19.4 Å². The number of amides is 1. The van der Waals surface area contributed by atoms with Crippen LogP contribution < -0.4 is 0 Å². The number of hydrogen-bond donors (Lipinski definition) is 1. The Hall–Kier alpha value is -1.92. The number of aliphatic carboxylic acids is 1. The Morgan fingerprint density at radius 3 is 2.52 bits per heavy atom. The second-order valence-electron chi connectivity index (χ2n) is 6.88. The van der Waals surface area contributed by atoms with E-state index in [4.69, 9.17) is 4.74 Å². The van der Waals surface area contributed by atoms with E-state index in [2.05, 4.69) is 11.8 Å². The van der Waals surface area contributed by atoms with Gasteiger partial charge in [0.25, 0.3) is 0 Å². The van der Waals surface area contributed by atoms with E-state index in [1.807, 2.05) is 30.3 Å². The van der Waals surface area contributed by atoms with Gasteiger partial charge in [0, 0.05) is 25.9 Å². The van der Waals surface area contributed by atoms with Gasteiger partial charge >= 0.3 is 5.97 Å². The third-order valence-corrected chi connectivity index (χ3v) is 5.19. The molecule has 1 aromatic carbocycles. The summed E-state index contributed by atoms with van der Waals surface area (Å²) in [6.07, 6.45) is 2.62. The number of carboxylic acids is 1. The molecule has 3 rings (SSSR count). The first-order valence-corrected chi connectivity index (χ1v) is 9.01. The summed E-state index contributed by atoms with van der Waals surface area (Å²) in [6.45, 7) is 4.90. The van der Waals surface area contributed by atoms with Crippen LogP contribution in [0.3, 0.4) is 0 Å². The molecular formula is C19H26N2O4. The third-order valence-electron chi connectivity index (χ3n) is 5.19. The normalized spacial score (nSPS) is 23.1. The molecule has 1 spiro atoms.